The van der Waals surface area contributed by atoms with Crippen LogP contribution in [-0.4, -0.2) is 29.3 Å². The van der Waals surface area contributed by atoms with Gasteiger partial charge in [0, 0.05) is 6.61 Å². The number of aliphatic hydroxyl groups excluding tert-OH is 1. The minimum absolute atomic E-state index is 0.195. The lowest BCUT2D eigenvalue weighted by molar-refractivity contribution is -0.142. The van der Waals surface area contributed by atoms with E-state index in [0.29, 0.717) is 19.4 Å². The standard InChI is InChI=1S/C10H21NO3/c11-7-4-6-9(10(13)14)5-2-1-3-8-12/h9,12H,1-8,11H2,(H,13,14). The number of aliphatic hydroxyl groups is 1. The number of rotatable bonds is 9. The SMILES string of the molecule is NCCCC(CCCCCO)C(=O)O. The summed E-state index contributed by atoms with van der Waals surface area (Å²) in [6, 6.07) is 0. The second kappa shape index (κ2) is 8.97. The Bertz CT molecular complexity index is 150. The molecule has 0 aliphatic heterocycles. The second-order valence-electron chi connectivity index (χ2n) is 3.54. The third-order valence-corrected chi connectivity index (χ3v) is 2.32. The molecule has 0 radical (unpaired) electrons. The molecule has 84 valence electrons. The van der Waals surface area contributed by atoms with Gasteiger partial charge in [-0.1, -0.05) is 12.8 Å². The molecule has 0 aliphatic rings. The van der Waals surface area contributed by atoms with E-state index in [0.717, 1.165) is 25.7 Å². The maximum atomic E-state index is 10.8. The molecule has 0 heterocycles. The van der Waals surface area contributed by atoms with E-state index in [-0.39, 0.29) is 12.5 Å². The number of carboxylic acid groups (broad SMARTS) is 1. The van der Waals surface area contributed by atoms with E-state index >= 15 is 0 Å². The molecule has 1 atom stereocenters. The van der Waals surface area contributed by atoms with Crippen LogP contribution in [0.3, 0.4) is 0 Å². The predicted molar refractivity (Wildman–Crippen MR) is 55.0 cm³/mol. The smallest absolute Gasteiger partial charge is 0.306 e. The van der Waals surface area contributed by atoms with Crippen LogP contribution < -0.4 is 5.73 Å². The molecule has 0 rings (SSSR count). The Morgan fingerprint density at radius 2 is 1.79 bits per heavy atom. The summed E-state index contributed by atoms with van der Waals surface area (Å²) in [5, 5.41) is 17.4. The van der Waals surface area contributed by atoms with Crippen LogP contribution in [0.5, 0.6) is 0 Å². The van der Waals surface area contributed by atoms with Crippen molar-refractivity contribution < 1.29 is 15.0 Å². The zero-order valence-electron chi connectivity index (χ0n) is 8.61. The van der Waals surface area contributed by atoms with E-state index in [1.165, 1.54) is 0 Å². The van der Waals surface area contributed by atoms with Crippen molar-refractivity contribution >= 4 is 5.97 Å². The van der Waals surface area contributed by atoms with E-state index in [1.54, 1.807) is 0 Å². The zero-order valence-corrected chi connectivity index (χ0v) is 8.61. The van der Waals surface area contributed by atoms with Gasteiger partial charge in [0.25, 0.3) is 0 Å². The quantitative estimate of drug-likeness (QED) is 0.488. The third kappa shape index (κ3) is 6.86. The Labute approximate surface area is 85.1 Å². The third-order valence-electron chi connectivity index (χ3n) is 2.32. The van der Waals surface area contributed by atoms with Gasteiger partial charge in [0.2, 0.25) is 0 Å². The maximum absolute atomic E-state index is 10.8. The number of carboxylic acids is 1. The Kier molecular flexibility index (Phi) is 8.57. The van der Waals surface area contributed by atoms with Crippen molar-refractivity contribution in [1.29, 1.82) is 0 Å². The molecule has 0 amide bonds. The number of unbranched alkanes of at least 4 members (excludes halogenated alkanes) is 2. The lowest BCUT2D eigenvalue weighted by Crippen LogP contribution is -2.15. The van der Waals surface area contributed by atoms with Gasteiger partial charge >= 0.3 is 5.97 Å². The minimum Gasteiger partial charge on any atom is -0.481 e. The normalized spacial score (nSPS) is 12.7. The van der Waals surface area contributed by atoms with E-state index in [4.69, 9.17) is 15.9 Å². The molecule has 0 aromatic rings. The minimum atomic E-state index is -0.720. The molecule has 0 saturated carbocycles. The van der Waals surface area contributed by atoms with Crippen LogP contribution in [-0.2, 0) is 4.79 Å². The summed E-state index contributed by atoms with van der Waals surface area (Å²) < 4.78 is 0. The molecule has 14 heavy (non-hydrogen) atoms. The topological polar surface area (TPSA) is 83.5 Å². The highest BCUT2D eigenvalue weighted by atomic mass is 16.4. The van der Waals surface area contributed by atoms with Gasteiger partial charge in [0.05, 0.1) is 5.92 Å². The van der Waals surface area contributed by atoms with Gasteiger partial charge in [0.1, 0.15) is 0 Å². The van der Waals surface area contributed by atoms with Gasteiger partial charge in [-0.25, -0.2) is 0 Å². The summed E-state index contributed by atoms with van der Waals surface area (Å²) in [7, 11) is 0. The molecule has 4 nitrogen and oxygen atoms in total. The van der Waals surface area contributed by atoms with Gasteiger partial charge in [-0.05, 0) is 32.2 Å². The van der Waals surface area contributed by atoms with Crippen LogP contribution in [0.25, 0.3) is 0 Å². The van der Waals surface area contributed by atoms with Gasteiger partial charge in [-0.3, -0.25) is 4.79 Å². The number of carbonyl (C=O) groups is 1. The molecule has 0 bridgehead atoms. The van der Waals surface area contributed by atoms with E-state index < -0.39 is 5.97 Å². The average Bonchev–Trinajstić information content (AvgIpc) is 2.16. The molecule has 0 saturated heterocycles. The molecular weight excluding hydrogens is 182 g/mol. The Hall–Kier alpha value is -0.610. The predicted octanol–water partition coefficient (Wildman–Crippen LogP) is 0.979. The van der Waals surface area contributed by atoms with E-state index in [2.05, 4.69) is 0 Å². The monoisotopic (exact) mass is 203 g/mol. The van der Waals surface area contributed by atoms with Crippen LogP contribution in [0, 0.1) is 5.92 Å². The Morgan fingerprint density at radius 3 is 2.29 bits per heavy atom. The van der Waals surface area contributed by atoms with Crippen LogP contribution in [0.2, 0.25) is 0 Å². The van der Waals surface area contributed by atoms with Gasteiger partial charge in [-0.2, -0.15) is 0 Å². The summed E-state index contributed by atoms with van der Waals surface area (Å²) in [5.74, 6) is -0.973. The fourth-order valence-corrected chi connectivity index (χ4v) is 1.43. The van der Waals surface area contributed by atoms with Crippen molar-refractivity contribution in [3.63, 3.8) is 0 Å². The number of nitrogens with two attached hydrogens (primary N) is 1. The molecule has 4 heteroatoms. The first-order valence-electron chi connectivity index (χ1n) is 5.26. The lowest BCUT2D eigenvalue weighted by atomic mass is 9.96. The highest BCUT2D eigenvalue weighted by Gasteiger charge is 2.15. The summed E-state index contributed by atoms with van der Waals surface area (Å²) in [6.45, 7) is 0.751. The molecule has 0 aromatic carbocycles. The number of aliphatic carboxylic acids is 1. The van der Waals surface area contributed by atoms with Crippen molar-refractivity contribution in [3.05, 3.63) is 0 Å². The van der Waals surface area contributed by atoms with Crippen molar-refractivity contribution in [2.75, 3.05) is 13.2 Å². The fourth-order valence-electron chi connectivity index (χ4n) is 1.43. The lowest BCUT2D eigenvalue weighted by Gasteiger charge is -2.10. The number of hydrogen-bond acceptors (Lipinski definition) is 3. The first-order chi connectivity index (χ1) is 6.72. The Balaban J connectivity index is 3.57. The summed E-state index contributed by atoms with van der Waals surface area (Å²) in [6.07, 6.45) is 4.70. The van der Waals surface area contributed by atoms with E-state index in [1.807, 2.05) is 0 Å². The van der Waals surface area contributed by atoms with Crippen LogP contribution >= 0.6 is 0 Å². The van der Waals surface area contributed by atoms with Crippen molar-refractivity contribution in [2.45, 2.75) is 38.5 Å². The summed E-state index contributed by atoms with van der Waals surface area (Å²) in [5.41, 5.74) is 5.33. The molecular formula is C10H21NO3. The first kappa shape index (κ1) is 13.4. The second-order valence-corrected chi connectivity index (χ2v) is 3.54. The zero-order chi connectivity index (χ0) is 10.8. The molecule has 0 aromatic heterocycles. The average molecular weight is 203 g/mol. The molecule has 1 unspecified atom stereocenters. The maximum Gasteiger partial charge on any atom is 0.306 e. The summed E-state index contributed by atoms with van der Waals surface area (Å²) in [4.78, 5) is 10.8. The van der Waals surface area contributed by atoms with Crippen molar-refractivity contribution in [1.82, 2.24) is 0 Å². The number of hydrogen-bond donors (Lipinski definition) is 3. The molecule has 0 fully saturated rings. The van der Waals surface area contributed by atoms with E-state index in [9.17, 15) is 4.79 Å². The van der Waals surface area contributed by atoms with Crippen molar-refractivity contribution in [2.24, 2.45) is 11.7 Å². The fraction of sp³-hybridized carbons (Fsp3) is 0.900. The molecule has 0 aliphatic carbocycles. The first-order valence-corrected chi connectivity index (χ1v) is 5.26. The van der Waals surface area contributed by atoms with Crippen molar-refractivity contribution in [3.8, 4) is 0 Å². The Morgan fingerprint density at radius 1 is 1.14 bits per heavy atom. The molecule has 4 N–H and O–H groups in total. The highest BCUT2D eigenvalue weighted by Crippen LogP contribution is 2.15. The van der Waals surface area contributed by atoms with Crippen LogP contribution in [0.1, 0.15) is 38.5 Å². The molecule has 0 spiro atoms. The van der Waals surface area contributed by atoms with Gasteiger partial charge < -0.3 is 15.9 Å². The van der Waals surface area contributed by atoms with Crippen LogP contribution in [0.15, 0.2) is 0 Å². The van der Waals surface area contributed by atoms with Crippen LogP contribution in [0.4, 0.5) is 0 Å². The van der Waals surface area contributed by atoms with Gasteiger partial charge in [0.15, 0.2) is 0 Å². The highest BCUT2D eigenvalue weighted by molar-refractivity contribution is 5.69. The summed E-state index contributed by atoms with van der Waals surface area (Å²) >= 11 is 0. The van der Waals surface area contributed by atoms with Gasteiger partial charge in [-0.15, -0.1) is 0 Å². The largest absolute Gasteiger partial charge is 0.481 e.